The first-order chi connectivity index (χ1) is 17.7. The molecule has 2 N–H and O–H groups in total. The fourth-order valence-electron chi connectivity index (χ4n) is 3.80. The highest BCUT2D eigenvalue weighted by Crippen LogP contribution is 2.23. The predicted octanol–water partition coefficient (Wildman–Crippen LogP) is 2.11. The summed E-state index contributed by atoms with van der Waals surface area (Å²) < 4.78 is 9.29. The Morgan fingerprint density at radius 1 is 1.03 bits per heavy atom. The molecule has 2 aromatic carbocycles. The number of thioether (sulfide) groups is 1. The number of rotatable bonds is 9. The quantitative estimate of drug-likeness (QED) is 0.318. The van der Waals surface area contributed by atoms with Gasteiger partial charge >= 0.3 is 11.7 Å². The molecule has 0 saturated carbocycles. The highest BCUT2D eigenvalue weighted by atomic mass is 32.2. The van der Waals surface area contributed by atoms with Crippen molar-refractivity contribution in [2.24, 2.45) is 14.1 Å². The van der Waals surface area contributed by atoms with Gasteiger partial charge in [-0.2, -0.15) is 0 Å². The number of carbonyl (C=O) groups is 2. The van der Waals surface area contributed by atoms with E-state index in [1.807, 2.05) is 24.3 Å². The van der Waals surface area contributed by atoms with Crippen LogP contribution in [0.15, 0.2) is 63.3 Å². The minimum atomic E-state index is -1.05. The summed E-state index contributed by atoms with van der Waals surface area (Å²) in [5.74, 6) is -0.660. The van der Waals surface area contributed by atoms with E-state index in [2.05, 4.69) is 10.3 Å². The Morgan fingerprint density at radius 3 is 2.32 bits per heavy atom. The predicted molar refractivity (Wildman–Crippen MR) is 140 cm³/mol. The van der Waals surface area contributed by atoms with Crippen molar-refractivity contribution < 1.29 is 19.4 Å². The zero-order valence-electron chi connectivity index (χ0n) is 20.4. The van der Waals surface area contributed by atoms with Crippen molar-refractivity contribution in [3.8, 4) is 5.75 Å². The molecule has 0 aliphatic rings. The molecule has 4 rings (SSSR count). The van der Waals surface area contributed by atoms with Gasteiger partial charge in [0.25, 0.3) is 5.56 Å². The first-order valence-corrected chi connectivity index (χ1v) is 12.2. The van der Waals surface area contributed by atoms with Crippen molar-refractivity contribution in [1.29, 1.82) is 0 Å². The van der Waals surface area contributed by atoms with Gasteiger partial charge in [0.15, 0.2) is 16.3 Å². The number of aromatic nitrogens is 4. The third-order valence-electron chi connectivity index (χ3n) is 5.84. The number of aryl methyl sites for hydroxylation is 3. The van der Waals surface area contributed by atoms with Gasteiger partial charge < -0.3 is 19.7 Å². The van der Waals surface area contributed by atoms with Crippen molar-refractivity contribution in [1.82, 2.24) is 18.7 Å². The summed E-state index contributed by atoms with van der Waals surface area (Å²) in [6, 6.07) is 13.4. The van der Waals surface area contributed by atoms with Gasteiger partial charge in [-0.15, -0.1) is 0 Å². The number of nitrogens with one attached hydrogen (secondary N) is 1. The first-order valence-electron chi connectivity index (χ1n) is 11.2. The molecule has 0 aliphatic heterocycles. The molecule has 12 heteroatoms. The third kappa shape index (κ3) is 5.43. The van der Waals surface area contributed by atoms with E-state index in [0.717, 1.165) is 27.6 Å². The Labute approximate surface area is 215 Å². The molecule has 0 atom stereocenters. The van der Waals surface area contributed by atoms with E-state index < -0.39 is 17.2 Å². The maximum atomic E-state index is 13.0. The van der Waals surface area contributed by atoms with Crippen LogP contribution in [0.2, 0.25) is 0 Å². The number of carboxylic acids is 1. The van der Waals surface area contributed by atoms with E-state index in [1.54, 1.807) is 18.7 Å². The lowest BCUT2D eigenvalue weighted by Crippen LogP contribution is -2.37. The highest BCUT2D eigenvalue weighted by molar-refractivity contribution is 7.99. The topological polar surface area (TPSA) is 137 Å². The second-order valence-electron chi connectivity index (χ2n) is 8.24. The van der Waals surface area contributed by atoms with Crippen LogP contribution < -0.4 is 21.3 Å². The summed E-state index contributed by atoms with van der Waals surface area (Å²) in [4.78, 5) is 53.6. The van der Waals surface area contributed by atoms with Crippen LogP contribution in [-0.2, 0) is 31.9 Å². The molecule has 1 amide bonds. The maximum Gasteiger partial charge on any atom is 0.335 e. The van der Waals surface area contributed by atoms with E-state index in [0.29, 0.717) is 23.8 Å². The summed E-state index contributed by atoms with van der Waals surface area (Å²) in [6.45, 7) is 0.400. The summed E-state index contributed by atoms with van der Waals surface area (Å²) >= 11 is 1.14. The van der Waals surface area contributed by atoms with Crippen molar-refractivity contribution >= 4 is 40.5 Å². The average molecular weight is 524 g/mol. The molecule has 11 nitrogen and oxygen atoms in total. The number of nitrogens with zero attached hydrogens (tertiary/aromatic N) is 4. The lowest BCUT2D eigenvalue weighted by Gasteiger charge is -2.10. The SMILES string of the molecule is COc1ccc(CCn2c(SCC(=O)Nc3ccc(C(=O)O)cc3)nc3c2c(=O)n(C)c(=O)n3C)cc1. The molecule has 0 radical (unpaired) electrons. The smallest absolute Gasteiger partial charge is 0.335 e. The Morgan fingerprint density at radius 2 is 1.70 bits per heavy atom. The van der Waals surface area contributed by atoms with Crippen LogP contribution in [0.1, 0.15) is 15.9 Å². The molecule has 4 aromatic rings. The molecule has 37 heavy (non-hydrogen) atoms. The molecule has 0 aliphatic carbocycles. The van der Waals surface area contributed by atoms with Gasteiger partial charge in [-0.1, -0.05) is 23.9 Å². The number of aromatic carboxylic acids is 1. The van der Waals surface area contributed by atoms with Crippen LogP contribution in [-0.4, -0.2) is 48.5 Å². The van der Waals surface area contributed by atoms with Crippen LogP contribution in [0, 0.1) is 0 Å². The molecular weight excluding hydrogens is 498 g/mol. The number of ether oxygens (including phenoxy) is 1. The fourth-order valence-corrected chi connectivity index (χ4v) is 4.62. The van der Waals surface area contributed by atoms with E-state index >= 15 is 0 Å². The number of benzene rings is 2. The van der Waals surface area contributed by atoms with Crippen molar-refractivity contribution in [2.75, 3.05) is 18.2 Å². The van der Waals surface area contributed by atoms with E-state index in [-0.39, 0.29) is 28.4 Å². The van der Waals surface area contributed by atoms with Crippen molar-refractivity contribution in [2.45, 2.75) is 18.1 Å². The highest BCUT2D eigenvalue weighted by Gasteiger charge is 2.20. The van der Waals surface area contributed by atoms with Crippen molar-refractivity contribution in [3.05, 3.63) is 80.5 Å². The van der Waals surface area contributed by atoms with Crippen LogP contribution >= 0.6 is 11.8 Å². The number of carbonyl (C=O) groups excluding carboxylic acids is 1. The molecule has 0 spiro atoms. The van der Waals surface area contributed by atoms with E-state index in [1.165, 1.54) is 35.9 Å². The third-order valence-corrected chi connectivity index (χ3v) is 6.82. The number of methoxy groups -OCH3 is 1. The molecular formula is C25H25N5O6S. The number of carboxylic acid groups (broad SMARTS) is 1. The monoisotopic (exact) mass is 523 g/mol. The van der Waals surface area contributed by atoms with Gasteiger partial charge in [0.2, 0.25) is 5.91 Å². The van der Waals surface area contributed by atoms with Crippen LogP contribution in [0.5, 0.6) is 5.75 Å². The standard InChI is InChI=1S/C25H25N5O6S/c1-28-21-20(22(32)29(2)25(28)35)30(13-12-15-4-10-18(36-3)11-5-15)24(27-21)37-14-19(31)26-17-8-6-16(7-9-17)23(33)34/h4-11H,12-14H2,1-3H3,(H,26,31)(H,33,34). The molecule has 2 aromatic heterocycles. The number of hydrogen-bond acceptors (Lipinski definition) is 7. The largest absolute Gasteiger partial charge is 0.497 e. The summed E-state index contributed by atoms with van der Waals surface area (Å²) in [7, 11) is 4.56. The van der Waals surface area contributed by atoms with E-state index in [9.17, 15) is 19.2 Å². The molecule has 0 bridgehead atoms. The van der Waals surface area contributed by atoms with Crippen LogP contribution in [0.4, 0.5) is 5.69 Å². The summed E-state index contributed by atoms with van der Waals surface area (Å²) in [6.07, 6.45) is 0.580. The minimum Gasteiger partial charge on any atom is -0.497 e. The number of hydrogen-bond donors (Lipinski definition) is 2. The second-order valence-corrected chi connectivity index (χ2v) is 9.18. The molecule has 2 heterocycles. The number of fused-ring (bicyclic) bond motifs is 1. The lowest BCUT2D eigenvalue weighted by atomic mass is 10.1. The molecule has 0 fully saturated rings. The Kier molecular flexibility index (Phi) is 7.48. The Balaban J connectivity index is 1.59. The zero-order chi connectivity index (χ0) is 26.7. The van der Waals surface area contributed by atoms with Gasteiger partial charge in [-0.05, 0) is 48.4 Å². The molecule has 0 unspecified atom stereocenters. The number of imidazole rings is 1. The van der Waals surface area contributed by atoms with Crippen molar-refractivity contribution in [3.63, 3.8) is 0 Å². The second kappa shape index (κ2) is 10.7. The van der Waals surface area contributed by atoms with Gasteiger partial charge in [-0.25, -0.2) is 14.6 Å². The van der Waals surface area contributed by atoms with E-state index in [4.69, 9.17) is 9.84 Å². The maximum absolute atomic E-state index is 13.0. The Hall–Kier alpha value is -4.32. The van der Waals surface area contributed by atoms with Crippen LogP contribution in [0.3, 0.4) is 0 Å². The van der Waals surface area contributed by atoms with Gasteiger partial charge in [-0.3, -0.25) is 18.7 Å². The summed E-state index contributed by atoms with van der Waals surface area (Å²) in [5, 5.41) is 12.2. The minimum absolute atomic E-state index is 0.0131. The zero-order valence-corrected chi connectivity index (χ0v) is 21.2. The van der Waals surface area contributed by atoms with Gasteiger partial charge in [0.1, 0.15) is 5.75 Å². The number of anilines is 1. The van der Waals surface area contributed by atoms with Crippen LogP contribution in [0.25, 0.3) is 11.2 Å². The number of amides is 1. The molecule has 0 saturated heterocycles. The normalized spacial score (nSPS) is 11.0. The fraction of sp³-hybridized carbons (Fsp3) is 0.240. The van der Waals surface area contributed by atoms with Gasteiger partial charge in [0.05, 0.1) is 18.4 Å². The Bertz CT molecular complexity index is 1590. The average Bonchev–Trinajstić information content (AvgIpc) is 3.27. The summed E-state index contributed by atoms with van der Waals surface area (Å²) in [5.41, 5.74) is 1.17. The first kappa shape index (κ1) is 25.8. The lowest BCUT2D eigenvalue weighted by molar-refractivity contribution is -0.113. The van der Waals surface area contributed by atoms with Gasteiger partial charge in [0, 0.05) is 26.3 Å². The molecule has 192 valence electrons.